The number of amides is 2. The van der Waals surface area contributed by atoms with Crippen LogP contribution in [0.15, 0.2) is 52.7 Å². The number of aryl methyl sites for hydroxylation is 1. The van der Waals surface area contributed by atoms with E-state index in [9.17, 15) is 19.8 Å². The molecule has 0 fully saturated rings. The van der Waals surface area contributed by atoms with Crippen LogP contribution in [0.5, 0.6) is 17.5 Å². The molecule has 0 atom stereocenters. The van der Waals surface area contributed by atoms with Gasteiger partial charge in [-0.3, -0.25) is 14.2 Å². The molecule has 0 aliphatic rings. The Morgan fingerprint density at radius 3 is 2.35 bits per heavy atom. The molecule has 0 radical (unpaired) electrons. The number of azo groups is 1. The smallest absolute Gasteiger partial charge is 0.302 e. The number of aromatic hydroxyl groups is 2. The van der Waals surface area contributed by atoms with E-state index in [1.165, 1.54) is 22.8 Å². The molecule has 162 valence electrons. The number of ether oxygens (including phenoxy) is 1. The molecule has 0 saturated carbocycles. The third-order valence-corrected chi connectivity index (χ3v) is 4.94. The Balaban J connectivity index is 1.66. The molecule has 2 aromatic carbocycles. The van der Waals surface area contributed by atoms with Crippen molar-refractivity contribution in [1.82, 2.24) is 4.57 Å². The molecule has 0 bridgehead atoms. The Kier molecular flexibility index (Phi) is 7.02. The van der Waals surface area contributed by atoms with Gasteiger partial charge >= 0.3 is 5.91 Å². The number of unbranched alkanes of at least 4 members (excludes halogenated alkanes) is 1. The Labute approximate surface area is 179 Å². The number of fused-ring (bicyclic) bond motifs is 1. The average molecular weight is 423 g/mol. The van der Waals surface area contributed by atoms with E-state index in [1.54, 1.807) is 12.1 Å². The van der Waals surface area contributed by atoms with E-state index in [2.05, 4.69) is 10.2 Å². The van der Waals surface area contributed by atoms with Crippen molar-refractivity contribution in [2.45, 2.75) is 39.7 Å². The van der Waals surface area contributed by atoms with Gasteiger partial charge in [0.15, 0.2) is 6.61 Å². The fraction of sp³-hybridized carbons (Fsp3) is 0.304. The molecule has 0 unspecified atom stereocenters. The van der Waals surface area contributed by atoms with Crippen LogP contribution in [-0.2, 0) is 17.8 Å². The molecule has 1 heterocycles. The monoisotopic (exact) mass is 423 g/mol. The number of carbonyl (C=O) groups is 2. The number of hydrogen-bond acceptors (Lipinski definition) is 5. The molecule has 8 nitrogen and oxygen atoms in total. The second-order valence-corrected chi connectivity index (χ2v) is 7.10. The zero-order valence-electron chi connectivity index (χ0n) is 17.5. The van der Waals surface area contributed by atoms with Crippen molar-refractivity contribution in [3.8, 4) is 17.5 Å². The van der Waals surface area contributed by atoms with E-state index >= 15 is 0 Å². The summed E-state index contributed by atoms with van der Waals surface area (Å²) in [6.07, 6.45) is 2.59. The third-order valence-electron chi connectivity index (χ3n) is 4.94. The predicted molar refractivity (Wildman–Crippen MR) is 116 cm³/mol. The minimum atomic E-state index is -0.734. The van der Waals surface area contributed by atoms with E-state index in [4.69, 9.17) is 4.74 Å². The molecule has 2 amide bonds. The van der Waals surface area contributed by atoms with Crippen LogP contribution >= 0.6 is 0 Å². The Morgan fingerprint density at radius 2 is 1.68 bits per heavy atom. The topological polar surface area (TPSA) is 113 Å². The number of benzene rings is 2. The van der Waals surface area contributed by atoms with Gasteiger partial charge in [-0.15, -0.1) is 10.2 Å². The molecule has 3 aromatic rings. The standard InChI is InChI=1S/C23H25N3O5/c1-3-5-12-26-22(29)18-11-8-16(13-19(18)23(26)30)21(28)25-24-20(27)14-31-17-9-6-15(4-2)7-10-17/h6-11,13,29-30H,3-5,12,14H2,1-2H3. The molecule has 0 aliphatic heterocycles. The molecule has 0 spiro atoms. The normalized spacial score (nSPS) is 11.3. The van der Waals surface area contributed by atoms with E-state index in [0.717, 1.165) is 24.8 Å². The minimum Gasteiger partial charge on any atom is -0.494 e. The number of carbonyl (C=O) groups excluding carboxylic acids is 2. The molecule has 1 aromatic heterocycles. The third kappa shape index (κ3) is 5.09. The van der Waals surface area contributed by atoms with Gasteiger partial charge in [0.1, 0.15) is 5.75 Å². The minimum absolute atomic E-state index is 0.0547. The fourth-order valence-electron chi connectivity index (χ4n) is 3.13. The van der Waals surface area contributed by atoms with Gasteiger partial charge in [0, 0.05) is 22.9 Å². The van der Waals surface area contributed by atoms with E-state index in [-0.39, 0.29) is 23.9 Å². The first kappa shape index (κ1) is 22.0. The maximum atomic E-state index is 12.3. The molecule has 0 saturated heterocycles. The summed E-state index contributed by atoms with van der Waals surface area (Å²) in [7, 11) is 0. The highest BCUT2D eigenvalue weighted by molar-refractivity contribution is 6.02. The van der Waals surface area contributed by atoms with E-state index in [1.807, 2.05) is 26.0 Å². The van der Waals surface area contributed by atoms with Gasteiger partial charge in [-0.1, -0.05) is 32.4 Å². The zero-order chi connectivity index (χ0) is 22.4. The highest BCUT2D eigenvalue weighted by Gasteiger charge is 2.17. The number of hydrogen-bond donors (Lipinski definition) is 2. The second kappa shape index (κ2) is 9.88. The number of nitrogens with zero attached hydrogens (tertiary/aromatic N) is 3. The summed E-state index contributed by atoms with van der Waals surface area (Å²) in [4.78, 5) is 24.2. The van der Waals surface area contributed by atoms with Gasteiger partial charge in [-0.2, -0.15) is 0 Å². The predicted octanol–water partition coefficient (Wildman–Crippen LogP) is 4.61. The van der Waals surface area contributed by atoms with Crippen molar-refractivity contribution in [2.24, 2.45) is 10.2 Å². The van der Waals surface area contributed by atoms with Crippen LogP contribution in [0, 0.1) is 0 Å². The van der Waals surface area contributed by atoms with Crippen molar-refractivity contribution >= 4 is 22.6 Å². The van der Waals surface area contributed by atoms with Gasteiger partial charge < -0.3 is 14.9 Å². The van der Waals surface area contributed by atoms with Crippen LogP contribution in [0.1, 0.15) is 42.6 Å². The van der Waals surface area contributed by atoms with Crippen molar-refractivity contribution in [2.75, 3.05) is 6.61 Å². The first-order valence-electron chi connectivity index (χ1n) is 10.2. The lowest BCUT2D eigenvalue weighted by Gasteiger charge is -2.04. The maximum Gasteiger partial charge on any atom is 0.302 e. The summed E-state index contributed by atoms with van der Waals surface area (Å²) in [6.45, 7) is 4.17. The summed E-state index contributed by atoms with van der Waals surface area (Å²) in [5, 5.41) is 28.3. The van der Waals surface area contributed by atoms with E-state index in [0.29, 0.717) is 23.1 Å². The van der Waals surface area contributed by atoms with Crippen LogP contribution in [-0.4, -0.2) is 33.2 Å². The highest BCUT2D eigenvalue weighted by atomic mass is 16.5. The van der Waals surface area contributed by atoms with Crippen LogP contribution in [0.3, 0.4) is 0 Å². The summed E-state index contributed by atoms with van der Waals surface area (Å²) in [6, 6.07) is 11.7. The quantitative estimate of drug-likeness (QED) is 0.514. The molecular formula is C23H25N3O5. The molecule has 3 rings (SSSR count). The van der Waals surface area contributed by atoms with Gasteiger partial charge in [0.2, 0.25) is 11.8 Å². The Bertz CT molecular complexity index is 1120. The highest BCUT2D eigenvalue weighted by Crippen LogP contribution is 2.37. The lowest BCUT2D eigenvalue weighted by Crippen LogP contribution is -2.08. The maximum absolute atomic E-state index is 12.3. The van der Waals surface area contributed by atoms with E-state index < -0.39 is 11.8 Å². The summed E-state index contributed by atoms with van der Waals surface area (Å²) >= 11 is 0. The van der Waals surface area contributed by atoms with Crippen molar-refractivity contribution in [3.63, 3.8) is 0 Å². The van der Waals surface area contributed by atoms with Gasteiger partial charge in [-0.25, -0.2) is 0 Å². The molecule has 8 heteroatoms. The van der Waals surface area contributed by atoms with Gasteiger partial charge in [0.05, 0.1) is 0 Å². The van der Waals surface area contributed by atoms with Gasteiger partial charge in [0.25, 0.3) is 5.91 Å². The van der Waals surface area contributed by atoms with Crippen LogP contribution in [0.2, 0.25) is 0 Å². The summed E-state index contributed by atoms with van der Waals surface area (Å²) in [5.41, 5.74) is 1.30. The Morgan fingerprint density at radius 1 is 0.968 bits per heavy atom. The largest absolute Gasteiger partial charge is 0.494 e. The first-order chi connectivity index (χ1) is 14.9. The average Bonchev–Trinajstić information content (AvgIpc) is 3.04. The summed E-state index contributed by atoms with van der Waals surface area (Å²) < 4.78 is 6.75. The lowest BCUT2D eigenvalue weighted by molar-refractivity contribution is -0.120. The molecule has 31 heavy (non-hydrogen) atoms. The van der Waals surface area contributed by atoms with Crippen molar-refractivity contribution in [1.29, 1.82) is 0 Å². The lowest BCUT2D eigenvalue weighted by atomic mass is 10.1. The van der Waals surface area contributed by atoms with Crippen molar-refractivity contribution < 1.29 is 24.5 Å². The van der Waals surface area contributed by atoms with Crippen LogP contribution in [0.4, 0.5) is 0 Å². The van der Waals surface area contributed by atoms with Crippen LogP contribution in [0.25, 0.3) is 10.8 Å². The molecule has 2 N–H and O–H groups in total. The van der Waals surface area contributed by atoms with Gasteiger partial charge in [-0.05, 0) is 48.7 Å². The first-order valence-corrected chi connectivity index (χ1v) is 10.2. The second-order valence-electron chi connectivity index (χ2n) is 7.10. The number of aromatic nitrogens is 1. The zero-order valence-corrected chi connectivity index (χ0v) is 17.5. The van der Waals surface area contributed by atoms with Crippen LogP contribution < -0.4 is 4.74 Å². The van der Waals surface area contributed by atoms with Crippen molar-refractivity contribution in [3.05, 3.63) is 53.6 Å². The number of rotatable bonds is 8. The summed E-state index contributed by atoms with van der Waals surface area (Å²) in [5.74, 6) is -1.07. The molecular weight excluding hydrogens is 398 g/mol. The SMILES string of the molecule is CCCCn1c(O)c2ccc(C(=O)N=NC(=O)COc3ccc(CC)cc3)cc2c1O. The Hall–Kier alpha value is -3.68. The fourth-order valence-corrected chi connectivity index (χ4v) is 3.13. The molecule has 0 aliphatic carbocycles.